The van der Waals surface area contributed by atoms with Gasteiger partial charge in [0.05, 0.1) is 12.8 Å². The van der Waals surface area contributed by atoms with Crippen molar-refractivity contribution in [2.45, 2.75) is 45.4 Å². The third-order valence-corrected chi connectivity index (χ3v) is 4.56. The molecular weight excluding hydrogens is 358 g/mol. The van der Waals surface area contributed by atoms with Crippen molar-refractivity contribution in [1.82, 2.24) is 30.1 Å². The number of hydrogen-bond donors (Lipinski definition) is 3. The number of aromatic nitrogens is 3. The molecule has 1 aromatic heterocycles. The molecule has 26 heavy (non-hydrogen) atoms. The summed E-state index contributed by atoms with van der Waals surface area (Å²) in [5.74, 6) is 2.43. The zero-order valence-electron chi connectivity index (χ0n) is 15.7. The number of fused-ring (bicyclic) bond motifs is 1. The van der Waals surface area contributed by atoms with Gasteiger partial charge >= 0.3 is 0 Å². The molecule has 2 rings (SSSR count). The predicted octanol–water partition coefficient (Wildman–Crippen LogP) is -0.766. The highest BCUT2D eigenvalue weighted by molar-refractivity contribution is 7.88. The van der Waals surface area contributed by atoms with Crippen LogP contribution < -0.4 is 15.4 Å². The van der Waals surface area contributed by atoms with Gasteiger partial charge in [-0.3, -0.25) is 4.99 Å². The van der Waals surface area contributed by atoms with Crippen LogP contribution in [0.1, 0.15) is 31.4 Å². The molecule has 0 spiro atoms. The molecule has 1 aliphatic rings. The van der Waals surface area contributed by atoms with Gasteiger partial charge in [0.25, 0.3) is 0 Å². The summed E-state index contributed by atoms with van der Waals surface area (Å²) in [4.78, 5) is 8.99. The van der Waals surface area contributed by atoms with Crippen molar-refractivity contribution in [3.05, 3.63) is 11.6 Å². The fourth-order valence-electron chi connectivity index (χ4n) is 2.71. The van der Waals surface area contributed by atoms with E-state index in [0.29, 0.717) is 31.9 Å². The predicted molar refractivity (Wildman–Crippen MR) is 99.4 cm³/mol. The Labute approximate surface area is 154 Å². The molecule has 0 bridgehead atoms. The standard InChI is InChI=1S/C15H29N7O3S/c1-4-16-15(17-8-5-9-18-26(3,23)24)19-12-6-7-14-20-13(11-25-2)21-22(14)10-12/h12,18H,4-11H2,1-3H3,(H2,16,17,19). The van der Waals surface area contributed by atoms with Gasteiger partial charge in [-0.2, -0.15) is 5.10 Å². The number of rotatable bonds is 9. The first-order valence-corrected chi connectivity index (χ1v) is 10.7. The molecule has 0 amide bonds. The fourth-order valence-corrected chi connectivity index (χ4v) is 3.22. The van der Waals surface area contributed by atoms with Crippen LogP contribution in [0.2, 0.25) is 0 Å². The lowest BCUT2D eigenvalue weighted by molar-refractivity contribution is 0.177. The highest BCUT2D eigenvalue weighted by atomic mass is 32.2. The number of methoxy groups -OCH3 is 1. The average molecular weight is 388 g/mol. The summed E-state index contributed by atoms with van der Waals surface area (Å²) in [7, 11) is -1.51. The Bertz CT molecular complexity index is 702. The summed E-state index contributed by atoms with van der Waals surface area (Å²) in [6.45, 7) is 4.84. The largest absolute Gasteiger partial charge is 0.377 e. The summed E-state index contributed by atoms with van der Waals surface area (Å²) in [5, 5.41) is 11.1. The van der Waals surface area contributed by atoms with Gasteiger partial charge in [0.15, 0.2) is 11.8 Å². The smallest absolute Gasteiger partial charge is 0.208 e. The third kappa shape index (κ3) is 6.89. The maximum absolute atomic E-state index is 11.0. The third-order valence-electron chi connectivity index (χ3n) is 3.83. The Morgan fingerprint density at radius 2 is 2.27 bits per heavy atom. The highest BCUT2D eigenvalue weighted by Gasteiger charge is 2.22. The normalized spacial score (nSPS) is 17.8. The van der Waals surface area contributed by atoms with Gasteiger partial charge in [-0.1, -0.05) is 0 Å². The van der Waals surface area contributed by atoms with Crippen molar-refractivity contribution in [2.75, 3.05) is 33.0 Å². The molecule has 1 aromatic rings. The second kappa shape index (κ2) is 9.83. The SMILES string of the molecule is CCNC(=NCCCNS(C)(=O)=O)NC1CCc2nc(COC)nn2C1. The van der Waals surface area contributed by atoms with E-state index in [1.54, 1.807) is 7.11 Å². The van der Waals surface area contributed by atoms with E-state index in [4.69, 9.17) is 4.74 Å². The van der Waals surface area contributed by atoms with E-state index in [1.165, 1.54) is 0 Å². The zero-order chi connectivity index (χ0) is 19.0. The summed E-state index contributed by atoms with van der Waals surface area (Å²) >= 11 is 0. The lowest BCUT2D eigenvalue weighted by atomic mass is 10.1. The Hall–Kier alpha value is -1.72. The first-order chi connectivity index (χ1) is 12.4. The summed E-state index contributed by atoms with van der Waals surface area (Å²) in [5.41, 5.74) is 0. The van der Waals surface area contributed by atoms with Crippen molar-refractivity contribution in [1.29, 1.82) is 0 Å². The number of sulfonamides is 1. The Morgan fingerprint density at radius 3 is 2.96 bits per heavy atom. The number of aryl methyl sites for hydroxylation is 1. The van der Waals surface area contributed by atoms with Gasteiger partial charge in [-0.25, -0.2) is 22.8 Å². The van der Waals surface area contributed by atoms with Crippen LogP contribution in [0.5, 0.6) is 0 Å². The van der Waals surface area contributed by atoms with Gasteiger partial charge in [-0.05, 0) is 19.8 Å². The van der Waals surface area contributed by atoms with E-state index in [1.807, 2.05) is 11.6 Å². The van der Waals surface area contributed by atoms with Crippen LogP contribution in [0, 0.1) is 0 Å². The highest BCUT2D eigenvalue weighted by Crippen LogP contribution is 2.13. The minimum atomic E-state index is -3.14. The summed E-state index contributed by atoms with van der Waals surface area (Å²) < 4.78 is 31.6. The Balaban J connectivity index is 1.85. The number of guanidine groups is 1. The monoisotopic (exact) mass is 387 g/mol. The van der Waals surface area contributed by atoms with Crippen LogP contribution in [0.25, 0.3) is 0 Å². The maximum Gasteiger partial charge on any atom is 0.208 e. The van der Waals surface area contributed by atoms with E-state index in [2.05, 4.69) is 30.4 Å². The van der Waals surface area contributed by atoms with Crippen LogP contribution in [-0.4, -0.2) is 68.2 Å². The van der Waals surface area contributed by atoms with Crippen molar-refractivity contribution < 1.29 is 13.2 Å². The van der Waals surface area contributed by atoms with Crippen LogP contribution in [0.3, 0.4) is 0 Å². The van der Waals surface area contributed by atoms with E-state index >= 15 is 0 Å². The second-order valence-electron chi connectivity index (χ2n) is 6.22. The lowest BCUT2D eigenvalue weighted by Gasteiger charge is -2.25. The Kier molecular flexibility index (Phi) is 7.79. The van der Waals surface area contributed by atoms with Gasteiger partial charge in [0.1, 0.15) is 12.4 Å². The molecule has 1 unspecified atom stereocenters. The van der Waals surface area contributed by atoms with Crippen LogP contribution >= 0.6 is 0 Å². The molecule has 3 N–H and O–H groups in total. The molecule has 0 saturated carbocycles. The van der Waals surface area contributed by atoms with Crippen molar-refractivity contribution >= 4 is 16.0 Å². The molecular formula is C15H29N7O3S. The van der Waals surface area contributed by atoms with Gasteiger partial charge in [-0.15, -0.1) is 0 Å². The number of nitrogens with one attached hydrogen (secondary N) is 3. The number of aliphatic imine (C=N–C) groups is 1. The van der Waals surface area contributed by atoms with Crippen molar-refractivity contribution in [3.8, 4) is 0 Å². The van der Waals surface area contributed by atoms with Crippen LogP contribution in [0.4, 0.5) is 0 Å². The molecule has 0 radical (unpaired) electrons. The molecule has 0 fully saturated rings. The Morgan fingerprint density at radius 1 is 1.46 bits per heavy atom. The lowest BCUT2D eigenvalue weighted by Crippen LogP contribution is -2.47. The van der Waals surface area contributed by atoms with Crippen molar-refractivity contribution in [2.24, 2.45) is 4.99 Å². The van der Waals surface area contributed by atoms with Gasteiger partial charge < -0.3 is 15.4 Å². The molecule has 1 aliphatic heterocycles. The van der Waals surface area contributed by atoms with Crippen LogP contribution in [0.15, 0.2) is 4.99 Å². The van der Waals surface area contributed by atoms with Gasteiger partial charge in [0, 0.05) is 39.2 Å². The molecule has 0 aliphatic carbocycles. The molecule has 2 heterocycles. The maximum atomic E-state index is 11.0. The minimum Gasteiger partial charge on any atom is -0.377 e. The van der Waals surface area contributed by atoms with Crippen LogP contribution in [-0.2, 0) is 34.3 Å². The van der Waals surface area contributed by atoms with E-state index in [0.717, 1.165) is 44.0 Å². The molecule has 10 nitrogen and oxygen atoms in total. The number of nitrogens with zero attached hydrogens (tertiary/aromatic N) is 4. The van der Waals surface area contributed by atoms with E-state index in [9.17, 15) is 8.42 Å². The molecule has 11 heteroatoms. The first-order valence-electron chi connectivity index (χ1n) is 8.82. The van der Waals surface area contributed by atoms with Gasteiger partial charge in [0.2, 0.25) is 10.0 Å². The second-order valence-corrected chi connectivity index (χ2v) is 8.05. The summed E-state index contributed by atoms with van der Waals surface area (Å²) in [6, 6.07) is 0.214. The van der Waals surface area contributed by atoms with E-state index < -0.39 is 10.0 Å². The molecule has 0 aromatic carbocycles. The average Bonchev–Trinajstić information content (AvgIpc) is 2.95. The fraction of sp³-hybridized carbons (Fsp3) is 0.800. The summed E-state index contributed by atoms with van der Waals surface area (Å²) in [6.07, 6.45) is 3.60. The zero-order valence-corrected chi connectivity index (χ0v) is 16.5. The molecule has 0 saturated heterocycles. The molecule has 1 atom stereocenters. The topological polar surface area (TPSA) is 123 Å². The number of hydrogen-bond acceptors (Lipinski definition) is 6. The van der Waals surface area contributed by atoms with E-state index in [-0.39, 0.29) is 6.04 Å². The number of ether oxygens (including phenoxy) is 1. The minimum absolute atomic E-state index is 0.214. The first kappa shape index (κ1) is 20.6. The quantitative estimate of drug-likeness (QED) is 0.289. The van der Waals surface area contributed by atoms with Crippen molar-refractivity contribution in [3.63, 3.8) is 0 Å². The molecule has 148 valence electrons.